The molecular formula is C19H29N5O2. The van der Waals surface area contributed by atoms with Gasteiger partial charge >= 0.3 is 0 Å². The Kier molecular flexibility index (Phi) is 7.74. The zero-order valence-corrected chi connectivity index (χ0v) is 15.9. The minimum Gasteiger partial charge on any atom is -0.311 e. The zero-order valence-electron chi connectivity index (χ0n) is 15.9. The van der Waals surface area contributed by atoms with E-state index in [1.54, 1.807) is 17.8 Å². The predicted octanol–water partition coefficient (Wildman–Crippen LogP) is 2.63. The van der Waals surface area contributed by atoms with Gasteiger partial charge in [0.25, 0.3) is 5.91 Å². The fourth-order valence-electron chi connectivity index (χ4n) is 2.92. The molecule has 0 saturated heterocycles. The Bertz CT molecular complexity index is 750. The standard InChI is InChI=1S/C19H29N5O2/c1-4-7-8-17-21-16-13-15(9-10-18(25)22-26)14-20-19(16)24(17)12-11-23(5-2)6-3/h9-10,13-14,26H,4-8,11-12H2,1-3H3,(H,22,25)/b10-9+. The third kappa shape index (κ3) is 5.12. The molecule has 0 spiro atoms. The average molecular weight is 359 g/mol. The van der Waals surface area contributed by atoms with Gasteiger partial charge in [0, 0.05) is 31.8 Å². The molecule has 2 aromatic heterocycles. The topological polar surface area (TPSA) is 83.3 Å². The van der Waals surface area contributed by atoms with Gasteiger partial charge in [-0.2, -0.15) is 0 Å². The van der Waals surface area contributed by atoms with E-state index >= 15 is 0 Å². The average Bonchev–Trinajstić information content (AvgIpc) is 3.01. The van der Waals surface area contributed by atoms with Crippen molar-refractivity contribution in [1.82, 2.24) is 24.9 Å². The van der Waals surface area contributed by atoms with Crippen molar-refractivity contribution < 1.29 is 10.0 Å². The number of carbonyl (C=O) groups is 1. The molecule has 2 aromatic rings. The minimum absolute atomic E-state index is 0.571. The summed E-state index contributed by atoms with van der Waals surface area (Å²) in [7, 11) is 0. The molecule has 1 amide bonds. The lowest BCUT2D eigenvalue weighted by Gasteiger charge is -2.19. The van der Waals surface area contributed by atoms with Gasteiger partial charge in [-0.15, -0.1) is 0 Å². The molecule has 0 fully saturated rings. The van der Waals surface area contributed by atoms with E-state index in [4.69, 9.17) is 10.2 Å². The Morgan fingerprint density at radius 3 is 2.77 bits per heavy atom. The first-order chi connectivity index (χ1) is 12.6. The molecule has 2 N–H and O–H groups in total. The van der Waals surface area contributed by atoms with E-state index in [0.29, 0.717) is 0 Å². The molecule has 0 aliphatic rings. The van der Waals surface area contributed by atoms with Crippen LogP contribution in [-0.2, 0) is 17.8 Å². The van der Waals surface area contributed by atoms with E-state index in [9.17, 15) is 4.79 Å². The van der Waals surface area contributed by atoms with Gasteiger partial charge in [-0.25, -0.2) is 15.4 Å². The third-order valence-corrected chi connectivity index (χ3v) is 4.51. The van der Waals surface area contributed by atoms with Crippen LogP contribution in [0.5, 0.6) is 0 Å². The van der Waals surface area contributed by atoms with Gasteiger partial charge in [0.15, 0.2) is 5.65 Å². The summed E-state index contributed by atoms with van der Waals surface area (Å²) in [4.78, 5) is 22.9. The van der Waals surface area contributed by atoms with Gasteiger partial charge in [-0.3, -0.25) is 10.0 Å². The maximum atomic E-state index is 11.1. The van der Waals surface area contributed by atoms with Crippen LogP contribution >= 0.6 is 0 Å². The number of nitrogens with zero attached hydrogens (tertiary/aromatic N) is 4. The number of likely N-dealkylation sites (N-methyl/N-ethyl adjacent to an activating group) is 1. The van der Waals surface area contributed by atoms with Crippen LogP contribution in [0.1, 0.15) is 45.0 Å². The van der Waals surface area contributed by atoms with Crippen LogP contribution < -0.4 is 5.48 Å². The molecule has 7 heteroatoms. The fraction of sp³-hybridized carbons (Fsp3) is 0.526. The number of rotatable bonds is 10. The summed E-state index contributed by atoms with van der Waals surface area (Å²) in [5, 5.41) is 8.57. The predicted molar refractivity (Wildman–Crippen MR) is 103 cm³/mol. The van der Waals surface area contributed by atoms with E-state index in [-0.39, 0.29) is 0 Å². The number of hydrogen-bond donors (Lipinski definition) is 2. The van der Waals surface area contributed by atoms with Crippen molar-refractivity contribution in [2.24, 2.45) is 0 Å². The van der Waals surface area contributed by atoms with Crippen molar-refractivity contribution in [2.45, 2.75) is 46.6 Å². The SMILES string of the molecule is CCCCc1nc2cc(/C=C/C(=O)NO)cnc2n1CCN(CC)CC. The van der Waals surface area contributed by atoms with Crippen LogP contribution in [0, 0.1) is 0 Å². The Morgan fingerprint density at radius 1 is 1.35 bits per heavy atom. The number of carbonyl (C=O) groups excluding carboxylic acids is 1. The number of pyridine rings is 1. The Morgan fingerprint density at radius 2 is 2.12 bits per heavy atom. The summed E-state index contributed by atoms with van der Waals surface area (Å²) >= 11 is 0. The van der Waals surface area contributed by atoms with Crippen LogP contribution in [0.3, 0.4) is 0 Å². The Balaban J connectivity index is 2.31. The summed E-state index contributed by atoms with van der Waals surface area (Å²) in [6.07, 6.45) is 7.75. The van der Waals surface area contributed by atoms with Crippen molar-refractivity contribution in [1.29, 1.82) is 0 Å². The molecule has 2 rings (SSSR count). The molecule has 2 heterocycles. The van der Waals surface area contributed by atoms with E-state index in [2.05, 4.69) is 35.2 Å². The summed E-state index contributed by atoms with van der Waals surface area (Å²) in [5.41, 5.74) is 4.07. The third-order valence-electron chi connectivity index (χ3n) is 4.51. The number of hydrogen-bond acceptors (Lipinski definition) is 5. The number of unbranched alkanes of at least 4 members (excludes halogenated alkanes) is 1. The van der Waals surface area contributed by atoms with E-state index < -0.39 is 5.91 Å². The largest absolute Gasteiger partial charge is 0.311 e. The first-order valence-electron chi connectivity index (χ1n) is 9.32. The number of hydroxylamine groups is 1. The lowest BCUT2D eigenvalue weighted by atomic mass is 10.2. The number of aryl methyl sites for hydroxylation is 1. The van der Waals surface area contributed by atoms with Gasteiger partial charge < -0.3 is 9.47 Å². The first kappa shape index (κ1) is 20.1. The van der Waals surface area contributed by atoms with E-state index in [1.807, 2.05) is 6.07 Å². The highest BCUT2D eigenvalue weighted by molar-refractivity contribution is 5.91. The Hall–Kier alpha value is -2.25. The minimum atomic E-state index is -0.571. The quantitative estimate of drug-likeness (QED) is 0.387. The lowest BCUT2D eigenvalue weighted by Crippen LogP contribution is -2.27. The summed E-state index contributed by atoms with van der Waals surface area (Å²) < 4.78 is 2.22. The highest BCUT2D eigenvalue weighted by Gasteiger charge is 2.13. The van der Waals surface area contributed by atoms with Crippen molar-refractivity contribution >= 4 is 23.1 Å². The van der Waals surface area contributed by atoms with Crippen molar-refractivity contribution in [3.63, 3.8) is 0 Å². The smallest absolute Gasteiger partial charge is 0.267 e. The first-order valence-corrected chi connectivity index (χ1v) is 9.32. The van der Waals surface area contributed by atoms with E-state index in [0.717, 1.165) is 68.0 Å². The van der Waals surface area contributed by atoms with Gasteiger partial charge in [-0.1, -0.05) is 27.2 Å². The molecule has 0 aromatic carbocycles. The molecule has 0 saturated carbocycles. The van der Waals surface area contributed by atoms with Crippen molar-refractivity contribution in [2.75, 3.05) is 19.6 Å². The monoisotopic (exact) mass is 359 g/mol. The van der Waals surface area contributed by atoms with Crippen LogP contribution in [0.4, 0.5) is 0 Å². The number of fused-ring (bicyclic) bond motifs is 1. The molecule has 0 radical (unpaired) electrons. The van der Waals surface area contributed by atoms with Gasteiger partial charge in [0.2, 0.25) is 0 Å². The number of aromatic nitrogens is 3. The molecule has 26 heavy (non-hydrogen) atoms. The van der Waals surface area contributed by atoms with Crippen LogP contribution in [-0.4, -0.2) is 50.2 Å². The summed E-state index contributed by atoms with van der Waals surface area (Å²) in [6.45, 7) is 10.4. The molecule has 0 bridgehead atoms. The zero-order chi connectivity index (χ0) is 18.9. The fourth-order valence-corrected chi connectivity index (χ4v) is 2.92. The molecule has 7 nitrogen and oxygen atoms in total. The van der Waals surface area contributed by atoms with Crippen molar-refractivity contribution in [3.05, 3.63) is 29.7 Å². The molecular weight excluding hydrogens is 330 g/mol. The van der Waals surface area contributed by atoms with Crippen LogP contribution in [0.2, 0.25) is 0 Å². The van der Waals surface area contributed by atoms with Gasteiger partial charge in [0.1, 0.15) is 11.3 Å². The molecule has 0 aliphatic heterocycles. The second kappa shape index (κ2) is 10.0. The lowest BCUT2D eigenvalue weighted by molar-refractivity contribution is -0.124. The molecule has 0 unspecified atom stereocenters. The molecule has 0 atom stereocenters. The number of imidazole rings is 1. The maximum Gasteiger partial charge on any atom is 0.267 e. The maximum absolute atomic E-state index is 11.1. The normalized spacial score (nSPS) is 11.7. The molecule has 142 valence electrons. The molecule has 0 aliphatic carbocycles. The second-order valence-electron chi connectivity index (χ2n) is 6.23. The van der Waals surface area contributed by atoms with Crippen LogP contribution in [0.25, 0.3) is 17.2 Å². The summed E-state index contributed by atoms with van der Waals surface area (Å²) in [5.74, 6) is 0.495. The Labute approximate surface area is 154 Å². The highest BCUT2D eigenvalue weighted by atomic mass is 16.5. The van der Waals surface area contributed by atoms with Crippen molar-refractivity contribution in [3.8, 4) is 0 Å². The van der Waals surface area contributed by atoms with Crippen LogP contribution in [0.15, 0.2) is 18.3 Å². The van der Waals surface area contributed by atoms with E-state index in [1.165, 1.54) is 6.08 Å². The number of nitrogens with one attached hydrogen (secondary N) is 1. The second-order valence-corrected chi connectivity index (χ2v) is 6.23. The van der Waals surface area contributed by atoms with Gasteiger partial charge in [-0.05, 0) is 37.2 Å². The summed E-state index contributed by atoms with van der Waals surface area (Å²) in [6, 6.07) is 1.92. The number of amides is 1. The highest BCUT2D eigenvalue weighted by Crippen LogP contribution is 2.18. The van der Waals surface area contributed by atoms with Gasteiger partial charge in [0.05, 0.1) is 0 Å².